The van der Waals surface area contributed by atoms with Crippen LogP contribution in [0.5, 0.6) is 0 Å². The van der Waals surface area contributed by atoms with Gasteiger partial charge in [-0.25, -0.2) is 13.6 Å². The van der Waals surface area contributed by atoms with Gasteiger partial charge in [-0.1, -0.05) is 25.3 Å². The molecule has 1 atom stereocenters. The third-order valence-corrected chi connectivity index (χ3v) is 4.35. The summed E-state index contributed by atoms with van der Waals surface area (Å²) in [6.07, 6.45) is 4.32. The molecule has 0 bridgehead atoms. The van der Waals surface area contributed by atoms with E-state index < -0.39 is 29.3 Å². The van der Waals surface area contributed by atoms with E-state index in [0.717, 1.165) is 31.4 Å². The molecule has 24 heavy (non-hydrogen) atoms. The molecule has 0 radical (unpaired) electrons. The van der Waals surface area contributed by atoms with Crippen LogP contribution in [0.15, 0.2) is 18.2 Å². The third-order valence-electron chi connectivity index (χ3n) is 4.35. The molecule has 1 aliphatic carbocycles. The van der Waals surface area contributed by atoms with Gasteiger partial charge in [0.25, 0.3) is 0 Å². The van der Waals surface area contributed by atoms with Gasteiger partial charge in [0, 0.05) is 13.7 Å². The summed E-state index contributed by atoms with van der Waals surface area (Å²) in [6.45, 7) is 0.277. The molecule has 2 amide bonds. The first-order valence-electron chi connectivity index (χ1n) is 8.14. The van der Waals surface area contributed by atoms with Crippen molar-refractivity contribution in [3.05, 3.63) is 35.4 Å². The second-order valence-corrected chi connectivity index (χ2v) is 6.29. The molecule has 5 nitrogen and oxygen atoms in total. The summed E-state index contributed by atoms with van der Waals surface area (Å²) in [7, 11) is 1.46. The minimum atomic E-state index is -0.979. The highest BCUT2D eigenvalue weighted by molar-refractivity contribution is 5.74. The molecule has 0 aliphatic heterocycles. The van der Waals surface area contributed by atoms with E-state index in [1.54, 1.807) is 0 Å². The van der Waals surface area contributed by atoms with E-state index in [1.807, 2.05) is 0 Å². The van der Waals surface area contributed by atoms with Gasteiger partial charge in [-0.2, -0.15) is 0 Å². The largest absolute Gasteiger partial charge is 0.388 e. The number of nitrogens with one attached hydrogen (secondary N) is 2. The zero-order valence-electron chi connectivity index (χ0n) is 13.8. The van der Waals surface area contributed by atoms with E-state index in [-0.39, 0.29) is 13.2 Å². The van der Waals surface area contributed by atoms with Crippen LogP contribution in [0.2, 0.25) is 0 Å². The fourth-order valence-corrected chi connectivity index (χ4v) is 2.96. The number of amides is 2. The SMILES string of the molecule is COCC(NC(=O)NCC1(O)CCCCC1)c1ccc(F)c(F)c1. The third kappa shape index (κ3) is 5.14. The molecule has 0 aromatic heterocycles. The summed E-state index contributed by atoms with van der Waals surface area (Å²) in [5.74, 6) is -1.92. The molecule has 7 heteroatoms. The minimum absolute atomic E-state index is 0.114. The Kier molecular flexibility index (Phi) is 6.51. The van der Waals surface area contributed by atoms with Gasteiger partial charge < -0.3 is 20.5 Å². The Morgan fingerprint density at radius 2 is 2.00 bits per heavy atom. The lowest BCUT2D eigenvalue weighted by molar-refractivity contribution is 0.00705. The maximum atomic E-state index is 13.4. The van der Waals surface area contributed by atoms with Crippen molar-refractivity contribution < 1.29 is 23.4 Å². The van der Waals surface area contributed by atoms with Crippen LogP contribution in [-0.2, 0) is 4.74 Å². The predicted octanol–water partition coefficient (Wildman–Crippen LogP) is 2.65. The fraction of sp³-hybridized carbons (Fsp3) is 0.588. The first kappa shape index (κ1) is 18.6. The molecule has 3 N–H and O–H groups in total. The average Bonchev–Trinajstić information content (AvgIpc) is 2.56. The number of benzene rings is 1. The van der Waals surface area contributed by atoms with Gasteiger partial charge in [-0.05, 0) is 30.5 Å². The number of carbonyl (C=O) groups excluding carboxylic acids is 1. The normalized spacial score (nSPS) is 18.0. The summed E-state index contributed by atoms with van der Waals surface area (Å²) in [6, 6.07) is 2.34. The first-order chi connectivity index (χ1) is 11.4. The summed E-state index contributed by atoms with van der Waals surface area (Å²) in [5.41, 5.74) is -0.462. The number of ether oxygens (including phenoxy) is 1. The Balaban J connectivity index is 1.94. The lowest BCUT2D eigenvalue weighted by atomic mass is 9.85. The molecule has 1 aromatic carbocycles. The van der Waals surface area contributed by atoms with Gasteiger partial charge in [-0.3, -0.25) is 0 Å². The van der Waals surface area contributed by atoms with E-state index in [0.29, 0.717) is 18.4 Å². The van der Waals surface area contributed by atoms with Gasteiger partial charge >= 0.3 is 6.03 Å². The molecule has 1 fully saturated rings. The minimum Gasteiger partial charge on any atom is -0.388 e. The van der Waals surface area contributed by atoms with Crippen molar-refractivity contribution in [3.63, 3.8) is 0 Å². The van der Waals surface area contributed by atoms with Crippen molar-refractivity contribution in [2.45, 2.75) is 43.7 Å². The molecule has 134 valence electrons. The van der Waals surface area contributed by atoms with E-state index in [1.165, 1.54) is 13.2 Å². The maximum absolute atomic E-state index is 13.4. The van der Waals surface area contributed by atoms with E-state index >= 15 is 0 Å². The highest BCUT2D eigenvalue weighted by Gasteiger charge is 2.29. The van der Waals surface area contributed by atoms with Gasteiger partial charge in [0.2, 0.25) is 0 Å². The predicted molar refractivity (Wildman–Crippen MR) is 85.5 cm³/mol. The number of urea groups is 1. The van der Waals surface area contributed by atoms with Gasteiger partial charge in [-0.15, -0.1) is 0 Å². The van der Waals surface area contributed by atoms with Crippen molar-refractivity contribution >= 4 is 6.03 Å². The van der Waals surface area contributed by atoms with Gasteiger partial charge in [0.1, 0.15) is 0 Å². The van der Waals surface area contributed by atoms with Crippen LogP contribution >= 0.6 is 0 Å². The van der Waals surface area contributed by atoms with Crippen molar-refractivity contribution in [2.75, 3.05) is 20.3 Å². The van der Waals surface area contributed by atoms with Gasteiger partial charge in [0.05, 0.1) is 18.2 Å². The van der Waals surface area contributed by atoms with E-state index in [2.05, 4.69) is 10.6 Å². The summed E-state index contributed by atoms with van der Waals surface area (Å²) in [4.78, 5) is 12.1. The highest BCUT2D eigenvalue weighted by atomic mass is 19.2. The Bertz CT molecular complexity index is 563. The number of rotatable bonds is 6. The Morgan fingerprint density at radius 1 is 1.29 bits per heavy atom. The fourth-order valence-electron chi connectivity index (χ4n) is 2.96. The zero-order valence-corrected chi connectivity index (χ0v) is 13.8. The molecular formula is C17H24F2N2O3. The second-order valence-electron chi connectivity index (χ2n) is 6.29. The smallest absolute Gasteiger partial charge is 0.315 e. The van der Waals surface area contributed by atoms with Crippen LogP contribution in [0.1, 0.15) is 43.7 Å². The Morgan fingerprint density at radius 3 is 2.62 bits per heavy atom. The van der Waals surface area contributed by atoms with Crippen LogP contribution in [0.25, 0.3) is 0 Å². The number of hydrogen-bond acceptors (Lipinski definition) is 3. The molecule has 1 saturated carbocycles. The quantitative estimate of drug-likeness (QED) is 0.744. The van der Waals surface area contributed by atoms with Crippen molar-refractivity contribution in [3.8, 4) is 0 Å². The number of carbonyl (C=O) groups is 1. The highest BCUT2D eigenvalue weighted by Crippen LogP contribution is 2.27. The number of hydrogen-bond donors (Lipinski definition) is 3. The lowest BCUT2D eigenvalue weighted by Gasteiger charge is -2.32. The summed E-state index contributed by atoms with van der Waals surface area (Å²) >= 11 is 0. The lowest BCUT2D eigenvalue weighted by Crippen LogP contribution is -2.48. The summed E-state index contributed by atoms with van der Waals surface area (Å²) < 4.78 is 31.5. The number of aliphatic hydroxyl groups is 1. The van der Waals surface area contributed by atoms with Crippen LogP contribution < -0.4 is 10.6 Å². The molecule has 1 unspecified atom stereocenters. The molecular weight excluding hydrogens is 318 g/mol. The molecule has 1 aromatic rings. The zero-order chi connectivity index (χ0) is 17.6. The number of halogens is 2. The average molecular weight is 342 g/mol. The number of methoxy groups -OCH3 is 1. The monoisotopic (exact) mass is 342 g/mol. The van der Waals surface area contributed by atoms with Crippen molar-refractivity contribution in [1.29, 1.82) is 0 Å². The molecule has 0 heterocycles. The Labute approximate surface area is 140 Å². The van der Waals surface area contributed by atoms with Crippen LogP contribution in [0.4, 0.5) is 13.6 Å². The molecule has 2 rings (SSSR count). The van der Waals surface area contributed by atoms with Crippen LogP contribution in [0.3, 0.4) is 0 Å². The second kappa shape index (κ2) is 8.39. The van der Waals surface area contributed by atoms with E-state index in [4.69, 9.17) is 4.74 Å². The van der Waals surface area contributed by atoms with Crippen LogP contribution in [-0.4, -0.2) is 37.0 Å². The van der Waals surface area contributed by atoms with Crippen LogP contribution in [0, 0.1) is 11.6 Å². The van der Waals surface area contributed by atoms with Crippen molar-refractivity contribution in [2.24, 2.45) is 0 Å². The molecule has 0 saturated heterocycles. The van der Waals surface area contributed by atoms with Gasteiger partial charge in [0.15, 0.2) is 11.6 Å². The maximum Gasteiger partial charge on any atom is 0.315 e. The molecule has 0 spiro atoms. The topological polar surface area (TPSA) is 70.6 Å². The standard InChI is InChI=1S/C17H24F2N2O3/c1-24-10-15(12-5-6-13(18)14(19)9-12)21-16(22)20-11-17(23)7-3-2-4-8-17/h5-6,9,15,23H,2-4,7-8,10-11H2,1H3,(H2,20,21,22). The van der Waals surface area contributed by atoms with Crippen molar-refractivity contribution in [1.82, 2.24) is 10.6 Å². The summed E-state index contributed by atoms with van der Waals surface area (Å²) in [5, 5.41) is 15.7. The Hall–Kier alpha value is -1.73. The van der Waals surface area contributed by atoms with E-state index in [9.17, 15) is 18.7 Å². The first-order valence-corrected chi connectivity index (χ1v) is 8.14. The molecule has 1 aliphatic rings.